The second-order valence-electron chi connectivity index (χ2n) is 7.17. The van der Waals surface area contributed by atoms with Crippen molar-refractivity contribution < 1.29 is 14.3 Å². The Labute approximate surface area is 180 Å². The van der Waals surface area contributed by atoms with Crippen LogP contribution in [0.15, 0.2) is 54.6 Å². The smallest absolute Gasteiger partial charge is 0.336 e. The molecule has 31 heavy (non-hydrogen) atoms. The standard InChI is InChI=1S/C22H24N6O3/c1-16-20(25-28(24-16)18-7-4-3-5-8-18)21(29)26-13-6-14-27(26)22(30)23-15-17-9-11-19(31-2)12-10-17/h3-5,7-12H,6,13-15H2,1-2H3,(H,23,30). The first kappa shape index (κ1) is 20.4. The van der Waals surface area contributed by atoms with Crippen LogP contribution in [0.4, 0.5) is 4.79 Å². The average Bonchev–Trinajstić information content (AvgIpc) is 3.45. The van der Waals surface area contributed by atoms with Gasteiger partial charge in [0.25, 0.3) is 5.91 Å². The van der Waals surface area contributed by atoms with Crippen molar-refractivity contribution in [2.24, 2.45) is 0 Å². The molecular weight excluding hydrogens is 396 g/mol. The van der Waals surface area contributed by atoms with Crippen LogP contribution in [0.3, 0.4) is 0 Å². The highest BCUT2D eigenvalue weighted by atomic mass is 16.5. The van der Waals surface area contributed by atoms with Crippen molar-refractivity contribution in [2.75, 3.05) is 20.2 Å². The Balaban J connectivity index is 1.44. The summed E-state index contributed by atoms with van der Waals surface area (Å²) in [6.07, 6.45) is 0.702. The molecule has 4 rings (SSSR count). The lowest BCUT2D eigenvalue weighted by molar-refractivity contribution is 0.0369. The topological polar surface area (TPSA) is 92.6 Å². The molecule has 0 unspecified atom stereocenters. The maximum Gasteiger partial charge on any atom is 0.336 e. The first-order valence-electron chi connectivity index (χ1n) is 10.1. The van der Waals surface area contributed by atoms with Gasteiger partial charge in [-0.1, -0.05) is 30.3 Å². The number of methoxy groups -OCH3 is 1. The largest absolute Gasteiger partial charge is 0.497 e. The zero-order valence-electron chi connectivity index (χ0n) is 17.5. The van der Waals surface area contributed by atoms with E-state index in [4.69, 9.17) is 4.74 Å². The van der Waals surface area contributed by atoms with Crippen LogP contribution in [0.2, 0.25) is 0 Å². The normalized spacial score (nSPS) is 13.4. The van der Waals surface area contributed by atoms with E-state index in [1.165, 1.54) is 14.8 Å². The number of urea groups is 1. The van der Waals surface area contributed by atoms with Crippen LogP contribution < -0.4 is 10.1 Å². The number of carbonyl (C=O) groups is 2. The van der Waals surface area contributed by atoms with Gasteiger partial charge in [0.2, 0.25) is 0 Å². The van der Waals surface area contributed by atoms with E-state index in [1.807, 2.05) is 54.6 Å². The van der Waals surface area contributed by atoms with Crippen LogP contribution in [0.25, 0.3) is 5.69 Å². The molecule has 1 aliphatic rings. The van der Waals surface area contributed by atoms with Gasteiger partial charge in [-0.05, 0) is 43.2 Å². The zero-order chi connectivity index (χ0) is 21.8. The summed E-state index contributed by atoms with van der Waals surface area (Å²) in [6, 6.07) is 16.5. The molecule has 0 radical (unpaired) electrons. The minimum Gasteiger partial charge on any atom is -0.497 e. The average molecular weight is 420 g/mol. The van der Waals surface area contributed by atoms with E-state index in [1.54, 1.807) is 14.0 Å². The number of aromatic nitrogens is 3. The van der Waals surface area contributed by atoms with Crippen LogP contribution in [-0.2, 0) is 6.54 Å². The second-order valence-corrected chi connectivity index (χ2v) is 7.17. The van der Waals surface area contributed by atoms with Crippen LogP contribution in [0, 0.1) is 6.92 Å². The van der Waals surface area contributed by atoms with Gasteiger partial charge in [0.15, 0.2) is 5.69 Å². The number of nitrogens with one attached hydrogen (secondary N) is 1. The van der Waals surface area contributed by atoms with Gasteiger partial charge < -0.3 is 10.1 Å². The Morgan fingerprint density at radius 1 is 1.00 bits per heavy atom. The van der Waals surface area contributed by atoms with Crippen molar-refractivity contribution in [1.29, 1.82) is 0 Å². The van der Waals surface area contributed by atoms with Gasteiger partial charge in [-0.15, -0.1) is 5.10 Å². The number of hydrazine groups is 1. The summed E-state index contributed by atoms with van der Waals surface area (Å²) < 4.78 is 5.15. The van der Waals surface area contributed by atoms with Crippen LogP contribution in [0.1, 0.15) is 28.2 Å². The summed E-state index contributed by atoms with van der Waals surface area (Å²) in [6.45, 7) is 3.01. The number of benzene rings is 2. The summed E-state index contributed by atoms with van der Waals surface area (Å²) >= 11 is 0. The van der Waals surface area contributed by atoms with Crippen LogP contribution in [0.5, 0.6) is 5.75 Å². The first-order valence-corrected chi connectivity index (χ1v) is 10.1. The molecule has 0 atom stereocenters. The van der Waals surface area contributed by atoms with Gasteiger partial charge in [0.05, 0.1) is 18.5 Å². The van der Waals surface area contributed by atoms with Crippen LogP contribution >= 0.6 is 0 Å². The molecule has 9 heteroatoms. The van der Waals surface area contributed by atoms with Crippen molar-refractivity contribution in [3.05, 3.63) is 71.5 Å². The molecule has 0 spiro atoms. The number of rotatable bonds is 5. The van der Waals surface area contributed by atoms with E-state index in [9.17, 15) is 9.59 Å². The fourth-order valence-corrected chi connectivity index (χ4v) is 3.42. The van der Waals surface area contributed by atoms with Crippen molar-refractivity contribution in [2.45, 2.75) is 19.9 Å². The molecule has 160 valence electrons. The molecule has 1 fully saturated rings. The minimum absolute atomic E-state index is 0.235. The van der Waals surface area contributed by atoms with Crippen LogP contribution in [-0.4, -0.2) is 57.1 Å². The Morgan fingerprint density at radius 3 is 2.42 bits per heavy atom. The molecule has 3 aromatic rings. The molecule has 0 saturated carbocycles. The van der Waals surface area contributed by atoms with Gasteiger partial charge in [-0.2, -0.15) is 9.90 Å². The molecule has 2 aromatic carbocycles. The highest BCUT2D eigenvalue weighted by Crippen LogP contribution is 2.17. The predicted molar refractivity (Wildman–Crippen MR) is 114 cm³/mol. The van der Waals surface area contributed by atoms with Gasteiger partial charge in [0.1, 0.15) is 5.75 Å². The third-order valence-electron chi connectivity index (χ3n) is 5.07. The first-order chi connectivity index (χ1) is 15.1. The number of hydrogen-bond donors (Lipinski definition) is 1. The molecule has 1 aliphatic heterocycles. The number of amides is 3. The number of hydrogen-bond acceptors (Lipinski definition) is 5. The molecule has 1 saturated heterocycles. The van der Waals surface area contributed by atoms with E-state index in [0.29, 0.717) is 31.7 Å². The monoisotopic (exact) mass is 420 g/mol. The molecule has 3 amide bonds. The lowest BCUT2D eigenvalue weighted by Gasteiger charge is -2.27. The molecule has 2 heterocycles. The summed E-state index contributed by atoms with van der Waals surface area (Å²) in [7, 11) is 1.61. The van der Waals surface area contributed by atoms with E-state index >= 15 is 0 Å². The Bertz CT molecular complexity index is 1060. The summed E-state index contributed by atoms with van der Waals surface area (Å²) in [5.41, 5.74) is 2.45. The van der Waals surface area contributed by atoms with Gasteiger partial charge in [-0.3, -0.25) is 4.79 Å². The second kappa shape index (κ2) is 8.86. The Morgan fingerprint density at radius 2 is 1.71 bits per heavy atom. The molecule has 9 nitrogen and oxygen atoms in total. The third kappa shape index (κ3) is 4.35. The zero-order valence-corrected chi connectivity index (χ0v) is 17.5. The number of aryl methyl sites for hydroxylation is 1. The fourth-order valence-electron chi connectivity index (χ4n) is 3.42. The number of carbonyl (C=O) groups excluding carboxylic acids is 2. The van der Waals surface area contributed by atoms with Gasteiger partial charge >= 0.3 is 6.03 Å². The maximum absolute atomic E-state index is 13.1. The highest BCUT2D eigenvalue weighted by Gasteiger charge is 2.33. The molecule has 0 aliphatic carbocycles. The molecule has 0 bridgehead atoms. The molecular formula is C22H24N6O3. The summed E-state index contributed by atoms with van der Waals surface area (Å²) in [4.78, 5) is 27.3. The lowest BCUT2D eigenvalue weighted by Crippen LogP contribution is -2.49. The van der Waals surface area contributed by atoms with Crippen molar-refractivity contribution in [1.82, 2.24) is 30.3 Å². The van der Waals surface area contributed by atoms with E-state index in [-0.39, 0.29) is 17.6 Å². The van der Waals surface area contributed by atoms with Gasteiger partial charge in [0, 0.05) is 19.6 Å². The molecule has 1 N–H and O–H groups in total. The predicted octanol–water partition coefficient (Wildman–Crippen LogP) is 2.56. The van der Waals surface area contributed by atoms with E-state index < -0.39 is 0 Å². The summed E-state index contributed by atoms with van der Waals surface area (Å²) in [5.74, 6) is 0.419. The molecule has 1 aromatic heterocycles. The van der Waals surface area contributed by atoms with Gasteiger partial charge in [-0.25, -0.2) is 14.8 Å². The van der Waals surface area contributed by atoms with Crippen molar-refractivity contribution in [3.63, 3.8) is 0 Å². The van der Waals surface area contributed by atoms with E-state index in [2.05, 4.69) is 15.5 Å². The number of para-hydroxylation sites is 1. The quantitative estimate of drug-likeness (QED) is 0.685. The lowest BCUT2D eigenvalue weighted by atomic mass is 10.2. The number of nitrogens with zero attached hydrogens (tertiary/aromatic N) is 5. The Kier molecular flexibility index (Phi) is 5.83. The van der Waals surface area contributed by atoms with Crippen molar-refractivity contribution >= 4 is 11.9 Å². The SMILES string of the molecule is COc1ccc(CNC(=O)N2CCCN2C(=O)c2nn(-c3ccccc3)nc2C)cc1. The minimum atomic E-state index is -0.336. The third-order valence-corrected chi connectivity index (χ3v) is 5.07. The maximum atomic E-state index is 13.1. The van der Waals surface area contributed by atoms with Crippen molar-refractivity contribution in [3.8, 4) is 11.4 Å². The summed E-state index contributed by atoms with van der Waals surface area (Å²) in [5, 5.41) is 14.5. The van der Waals surface area contributed by atoms with E-state index in [0.717, 1.165) is 17.0 Å². The Hall–Kier alpha value is -3.88. The number of ether oxygens (including phenoxy) is 1. The highest BCUT2D eigenvalue weighted by molar-refractivity contribution is 5.94. The fraction of sp³-hybridized carbons (Fsp3) is 0.273.